The van der Waals surface area contributed by atoms with E-state index in [2.05, 4.69) is 10.6 Å². The average Bonchev–Trinajstić information content (AvgIpc) is 2.55. The van der Waals surface area contributed by atoms with Crippen LogP contribution >= 0.6 is 0 Å². The van der Waals surface area contributed by atoms with Gasteiger partial charge in [-0.15, -0.1) is 0 Å². The van der Waals surface area contributed by atoms with Crippen molar-refractivity contribution in [2.75, 3.05) is 6.54 Å². The van der Waals surface area contributed by atoms with Crippen LogP contribution in [0.25, 0.3) is 0 Å². The molecule has 0 saturated carbocycles. The quantitative estimate of drug-likeness (QED) is 0.629. The van der Waals surface area contributed by atoms with E-state index in [9.17, 15) is 19.5 Å². The predicted octanol–water partition coefficient (Wildman–Crippen LogP) is 2.51. The standard InChI is InChI=1S/C19H28N2O4/c1-13(17(23)24)16(14-9-6-5-7-10-14)21-15(22)11-8-12-20-18(25)19(2,3)4/h5-7,9-10,13,16H,8,11-12H2,1-4H3,(H,20,25)(H,21,22)(H,23,24). The summed E-state index contributed by atoms with van der Waals surface area (Å²) in [6.07, 6.45) is 0.719. The summed E-state index contributed by atoms with van der Waals surface area (Å²) in [5.41, 5.74) is 0.296. The monoisotopic (exact) mass is 348 g/mol. The predicted molar refractivity (Wildman–Crippen MR) is 95.8 cm³/mol. The Morgan fingerprint density at radius 3 is 2.24 bits per heavy atom. The molecule has 6 nitrogen and oxygen atoms in total. The molecule has 1 rings (SSSR count). The van der Waals surface area contributed by atoms with Crippen LogP contribution in [0.4, 0.5) is 0 Å². The summed E-state index contributed by atoms with van der Waals surface area (Å²) >= 11 is 0. The lowest BCUT2D eigenvalue weighted by molar-refractivity contribution is -0.142. The van der Waals surface area contributed by atoms with E-state index in [1.807, 2.05) is 39.0 Å². The first-order valence-electron chi connectivity index (χ1n) is 8.48. The van der Waals surface area contributed by atoms with Crippen LogP contribution in [-0.2, 0) is 14.4 Å². The fourth-order valence-corrected chi connectivity index (χ4v) is 2.26. The third kappa shape index (κ3) is 6.95. The molecule has 2 amide bonds. The minimum atomic E-state index is -0.966. The van der Waals surface area contributed by atoms with E-state index >= 15 is 0 Å². The molecule has 0 fully saturated rings. The number of carbonyl (C=O) groups is 3. The van der Waals surface area contributed by atoms with Crippen molar-refractivity contribution in [3.8, 4) is 0 Å². The van der Waals surface area contributed by atoms with Crippen molar-refractivity contribution in [1.82, 2.24) is 10.6 Å². The largest absolute Gasteiger partial charge is 0.481 e. The number of carboxylic acids is 1. The van der Waals surface area contributed by atoms with Crippen LogP contribution in [0.15, 0.2) is 30.3 Å². The number of rotatable bonds is 8. The fourth-order valence-electron chi connectivity index (χ4n) is 2.26. The zero-order valence-electron chi connectivity index (χ0n) is 15.3. The van der Waals surface area contributed by atoms with Crippen molar-refractivity contribution in [1.29, 1.82) is 0 Å². The van der Waals surface area contributed by atoms with Gasteiger partial charge in [-0.1, -0.05) is 51.1 Å². The second kappa shape index (κ2) is 9.20. The van der Waals surface area contributed by atoms with Gasteiger partial charge >= 0.3 is 5.97 Å². The van der Waals surface area contributed by atoms with Crippen molar-refractivity contribution >= 4 is 17.8 Å². The Kier molecular flexibility index (Phi) is 7.61. The van der Waals surface area contributed by atoms with E-state index in [0.717, 1.165) is 5.56 Å². The van der Waals surface area contributed by atoms with Gasteiger partial charge in [-0.2, -0.15) is 0 Å². The van der Waals surface area contributed by atoms with E-state index in [-0.39, 0.29) is 18.2 Å². The number of nitrogens with one attached hydrogen (secondary N) is 2. The highest BCUT2D eigenvalue weighted by Crippen LogP contribution is 2.22. The molecule has 1 aromatic rings. The zero-order chi connectivity index (χ0) is 19.0. The van der Waals surface area contributed by atoms with Crippen LogP contribution in [0.2, 0.25) is 0 Å². The van der Waals surface area contributed by atoms with Crippen molar-refractivity contribution in [3.63, 3.8) is 0 Å². The van der Waals surface area contributed by atoms with Crippen LogP contribution in [0.1, 0.15) is 52.1 Å². The molecule has 1 aromatic carbocycles. The van der Waals surface area contributed by atoms with Gasteiger partial charge in [-0.25, -0.2) is 0 Å². The number of carbonyl (C=O) groups excluding carboxylic acids is 2. The van der Waals surface area contributed by atoms with Gasteiger partial charge in [0.1, 0.15) is 0 Å². The molecule has 6 heteroatoms. The summed E-state index contributed by atoms with van der Waals surface area (Å²) in [5.74, 6) is -2.00. The van der Waals surface area contributed by atoms with Crippen LogP contribution < -0.4 is 10.6 Å². The smallest absolute Gasteiger partial charge is 0.308 e. The van der Waals surface area contributed by atoms with Gasteiger partial charge < -0.3 is 15.7 Å². The summed E-state index contributed by atoms with van der Waals surface area (Å²) in [5, 5.41) is 14.9. The third-order valence-electron chi connectivity index (χ3n) is 3.91. The van der Waals surface area contributed by atoms with Gasteiger partial charge in [0.05, 0.1) is 12.0 Å². The van der Waals surface area contributed by atoms with Gasteiger partial charge in [0.25, 0.3) is 0 Å². The highest BCUT2D eigenvalue weighted by molar-refractivity contribution is 5.81. The molecule has 0 heterocycles. The fraction of sp³-hybridized carbons (Fsp3) is 0.526. The highest BCUT2D eigenvalue weighted by atomic mass is 16.4. The molecule has 0 spiro atoms. The van der Waals surface area contributed by atoms with Crippen LogP contribution in [0.5, 0.6) is 0 Å². The molecule has 3 N–H and O–H groups in total. The molecule has 0 radical (unpaired) electrons. The Labute approximate surface area is 149 Å². The lowest BCUT2D eigenvalue weighted by Crippen LogP contribution is -2.37. The average molecular weight is 348 g/mol. The Morgan fingerprint density at radius 1 is 1.12 bits per heavy atom. The van der Waals surface area contributed by atoms with Gasteiger partial charge in [0.2, 0.25) is 11.8 Å². The molecule has 0 bridgehead atoms. The first-order chi connectivity index (χ1) is 11.6. The highest BCUT2D eigenvalue weighted by Gasteiger charge is 2.26. The molecule has 138 valence electrons. The Morgan fingerprint density at radius 2 is 1.72 bits per heavy atom. The van der Waals surface area contributed by atoms with Gasteiger partial charge in [0.15, 0.2) is 0 Å². The number of hydrogen-bond acceptors (Lipinski definition) is 3. The topological polar surface area (TPSA) is 95.5 Å². The number of benzene rings is 1. The molecule has 0 aliphatic carbocycles. The minimum Gasteiger partial charge on any atom is -0.481 e. The molecule has 0 aliphatic heterocycles. The first kappa shape index (κ1) is 20.7. The maximum atomic E-state index is 12.2. The number of amides is 2. The van der Waals surface area contributed by atoms with Crippen LogP contribution in [-0.4, -0.2) is 29.4 Å². The molecule has 0 aliphatic rings. The second-order valence-corrected chi connectivity index (χ2v) is 7.19. The summed E-state index contributed by atoms with van der Waals surface area (Å²) in [6.45, 7) is 7.46. The molecule has 0 saturated heterocycles. The van der Waals surface area contributed by atoms with Crippen molar-refractivity contribution in [3.05, 3.63) is 35.9 Å². The summed E-state index contributed by atoms with van der Waals surface area (Å²) in [7, 11) is 0. The van der Waals surface area contributed by atoms with Crippen molar-refractivity contribution in [2.24, 2.45) is 11.3 Å². The zero-order valence-corrected chi connectivity index (χ0v) is 15.3. The maximum Gasteiger partial charge on any atom is 0.308 e. The second-order valence-electron chi connectivity index (χ2n) is 7.19. The number of hydrogen-bond donors (Lipinski definition) is 3. The van der Waals surface area contributed by atoms with Gasteiger partial charge in [-0.05, 0) is 18.9 Å². The van der Waals surface area contributed by atoms with Crippen molar-refractivity contribution < 1.29 is 19.5 Å². The molecule has 25 heavy (non-hydrogen) atoms. The van der Waals surface area contributed by atoms with Gasteiger partial charge in [0, 0.05) is 18.4 Å². The van der Waals surface area contributed by atoms with E-state index in [1.165, 1.54) is 0 Å². The first-order valence-corrected chi connectivity index (χ1v) is 8.48. The van der Waals surface area contributed by atoms with E-state index < -0.39 is 23.3 Å². The molecular formula is C19H28N2O4. The lowest BCUT2D eigenvalue weighted by atomic mass is 9.94. The summed E-state index contributed by atoms with van der Waals surface area (Å²) in [6, 6.07) is 8.47. The Hall–Kier alpha value is -2.37. The summed E-state index contributed by atoms with van der Waals surface area (Å²) in [4.78, 5) is 35.3. The third-order valence-corrected chi connectivity index (χ3v) is 3.91. The SMILES string of the molecule is CC(C(=O)O)C(NC(=O)CCCNC(=O)C(C)(C)C)c1ccccc1. The molecule has 2 atom stereocenters. The molecule has 2 unspecified atom stereocenters. The normalized spacial score (nSPS) is 13.6. The Balaban J connectivity index is 2.56. The van der Waals surface area contributed by atoms with Crippen LogP contribution in [0, 0.1) is 11.3 Å². The Bertz CT molecular complexity index is 593. The summed E-state index contributed by atoms with van der Waals surface area (Å²) < 4.78 is 0. The van der Waals surface area contributed by atoms with E-state index in [1.54, 1.807) is 19.1 Å². The van der Waals surface area contributed by atoms with E-state index in [4.69, 9.17) is 0 Å². The lowest BCUT2D eigenvalue weighted by Gasteiger charge is -2.23. The number of aliphatic carboxylic acids is 1. The number of carboxylic acid groups (broad SMARTS) is 1. The van der Waals surface area contributed by atoms with Gasteiger partial charge in [-0.3, -0.25) is 14.4 Å². The molecule has 0 aromatic heterocycles. The minimum absolute atomic E-state index is 0.0606. The van der Waals surface area contributed by atoms with E-state index in [0.29, 0.717) is 13.0 Å². The molecular weight excluding hydrogens is 320 g/mol. The van der Waals surface area contributed by atoms with Crippen molar-refractivity contribution in [2.45, 2.75) is 46.6 Å². The van der Waals surface area contributed by atoms with Crippen LogP contribution in [0.3, 0.4) is 0 Å². The maximum absolute atomic E-state index is 12.2.